The van der Waals surface area contributed by atoms with Gasteiger partial charge < -0.3 is 9.84 Å². The Morgan fingerprint density at radius 2 is 1.86 bits per heavy atom. The Morgan fingerprint density at radius 3 is 2.38 bits per heavy atom. The van der Waals surface area contributed by atoms with E-state index >= 15 is 0 Å². The molecule has 1 aromatic carbocycles. The molecule has 0 amide bonds. The minimum absolute atomic E-state index is 0.00503. The number of carboxylic acids is 1. The first-order chi connectivity index (χ1) is 9.71. The molecule has 2 rings (SSSR count). The third kappa shape index (κ3) is 3.25. The van der Waals surface area contributed by atoms with E-state index in [9.17, 15) is 13.2 Å². The number of hydrogen-bond acceptors (Lipinski definition) is 4. The van der Waals surface area contributed by atoms with Gasteiger partial charge >= 0.3 is 5.97 Å². The molecular weight excluding hydrogens is 294 g/mol. The number of ether oxygens (including phenoxy) is 1. The zero-order valence-corrected chi connectivity index (χ0v) is 13.1. The highest BCUT2D eigenvalue weighted by Crippen LogP contribution is 2.23. The molecule has 1 aliphatic heterocycles. The normalized spacial score (nSPS) is 24.0. The summed E-state index contributed by atoms with van der Waals surface area (Å²) in [6.07, 6.45) is -0.374. The van der Waals surface area contributed by atoms with E-state index < -0.39 is 16.0 Å². The summed E-state index contributed by atoms with van der Waals surface area (Å²) in [4.78, 5) is 11.2. The average molecular weight is 313 g/mol. The van der Waals surface area contributed by atoms with Crippen LogP contribution >= 0.6 is 0 Å². The van der Waals surface area contributed by atoms with Crippen LogP contribution in [0.15, 0.2) is 23.1 Å². The lowest BCUT2D eigenvalue weighted by Gasteiger charge is -2.34. The monoisotopic (exact) mass is 313 g/mol. The first-order valence-corrected chi connectivity index (χ1v) is 8.15. The SMILES string of the molecule is Cc1ccc(S(=O)(=O)N2CC(C)OC(C)C2)cc1C(=O)O. The second-order valence-electron chi connectivity index (χ2n) is 5.36. The minimum Gasteiger partial charge on any atom is -0.478 e. The summed E-state index contributed by atoms with van der Waals surface area (Å²) in [5.74, 6) is -1.13. The molecule has 1 fully saturated rings. The molecule has 1 heterocycles. The van der Waals surface area contributed by atoms with Gasteiger partial charge in [-0.05, 0) is 38.5 Å². The number of sulfonamides is 1. The van der Waals surface area contributed by atoms with Crippen molar-refractivity contribution >= 4 is 16.0 Å². The van der Waals surface area contributed by atoms with Crippen LogP contribution in [-0.2, 0) is 14.8 Å². The van der Waals surface area contributed by atoms with Crippen LogP contribution in [0.3, 0.4) is 0 Å². The molecule has 6 nitrogen and oxygen atoms in total. The zero-order valence-electron chi connectivity index (χ0n) is 12.2. The Hall–Kier alpha value is -1.44. The van der Waals surface area contributed by atoms with Crippen LogP contribution in [-0.4, -0.2) is 49.1 Å². The summed E-state index contributed by atoms with van der Waals surface area (Å²) >= 11 is 0. The molecular formula is C14H19NO5S. The molecule has 2 atom stereocenters. The number of morpholine rings is 1. The molecule has 1 N–H and O–H groups in total. The average Bonchev–Trinajstić information content (AvgIpc) is 2.37. The van der Waals surface area contributed by atoms with Crippen molar-refractivity contribution in [2.24, 2.45) is 0 Å². The zero-order chi connectivity index (χ0) is 15.8. The lowest BCUT2D eigenvalue weighted by atomic mass is 10.1. The van der Waals surface area contributed by atoms with Crippen LogP contribution in [0.25, 0.3) is 0 Å². The number of carboxylic acid groups (broad SMARTS) is 1. The Morgan fingerprint density at radius 1 is 1.29 bits per heavy atom. The standard InChI is InChI=1S/C14H19NO5S/c1-9-4-5-12(6-13(9)14(16)17)21(18,19)15-7-10(2)20-11(3)8-15/h4-6,10-11H,7-8H2,1-3H3,(H,16,17). The van der Waals surface area contributed by atoms with E-state index in [0.29, 0.717) is 5.56 Å². The van der Waals surface area contributed by atoms with Crippen LogP contribution in [0.5, 0.6) is 0 Å². The summed E-state index contributed by atoms with van der Waals surface area (Å²) in [5.41, 5.74) is 0.538. The van der Waals surface area contributed by atoms with Gasteiger partial charge in [-0.15, -0.1) is 0 Å². The number of nitrogens with zero attached hydrogens (tertiary/aromatic N) is 1. The minimum atomic E-state index is -3.71. The van der Waals surface area contributed by atoms with Gasteiger partial charge in [-0.1, -0.05) is 6.07 Å². The Bertz CT molecular complexity index is 645. The summed E-state index contributed by atoms with van der Waals surface area (Å²) in [6.45, 7) is 5.80. The molecule has 0 spiro atoms. The van der Waals surface area contributed by atoms with Gasteiger partial charge in [-0.3, -0.25) is 0 Å². The van der Waals surface area contributed by atoms with Gasteiger partial charge in [-0.2, -0.15) is 4.31 Å². The fourth-order valence-corrected chi connectivity index (χ4v) is 4.09. The maximum absolute atomic E-state index is 12.6. The fourth-order valence-electron chi connectivity index (χ4n) is 2.47. The molecule has 1 aromatic rings. The third-order valence-electron chi connectivity index (χ3n) is 3.46. The van der Waals surface area contributed by atoms with Crippen LogP contribution in [0, 0.1) is 6.92 Å². The van der Waals surface area contributed by atoms with Crippen LogP contribution < -0.4 is 0 Å². The van der Waals surface area contributed by atoms with E-state index in [1.807, 2.05) is 13.8 Å². The van der Waals surface area contributed by atoms with Gasteiger partial charge in [0, 0.05) is 13.1 Å². The molecule has 1 saturated heterocycles. The summed E-state index contributed by atoms with van der Waals surface area (Å²) in [6, 6.07) is 4.18. The number of rotatable bonds is 3. The van der Waals surface area contributed by atoms with Gasteiger partial charge in [0.1, 0.15) is 0 Å². The molecule has 21 heavy (non-hydrogen) atoms. The predicted octanol–water partition coefficient (Wildman–Crippen LogP) is 1.49. The largest absolute Gasteiger partial charge is 0.478 e. The second-order valence-corrected chi connectivity index (χ2v) is 7.30. The van der Waals surface area contributed by atoms with E-state index in [2.05, 4.69) is 0 Å². The van der Waals surface area contributed by atoms with Gasteiger partial charge in [-0.25, -0.2) is 13.2 Å². The highest BCUT2D eigenvalue weighted by molar-refractivity contribution is 7.89. The van der Waals surface area contributed by atoms with Crippen LogP contribution in [0.2, 0.25) is 0 Å². The summed E-state index contributed by atoms with van der Waals surface area (Å²) in [5, 5.41) is 9.12. The third-order valence-corrected chi connectivity index (χ3v) is 5.29. The van der Waals surface area contributed by atoms with Gasteiger partial charge in [0.2, 0.25) is 10.0 Å². The Labute approximate surface area is 124 Å². The quantitative estimate of drug-likeness (QED) is 0.914. The smallest absolute Gasteiger partial charge is 0.335 e. The van der Waals surface area contributed by atoms with Crippen molar-refractivity contribution in [2.75, 3.05) is 13.1 Å². The molecule has 1 aliphatic rings. The van der Waals surface area contributed by atoms with E-state index in [1.165, 1.54) is 22.5 Å². The lowest BCUT2D eigenvalue weighted by Crippen LogP contribution is -2.48. The first kappa shape index (κ1) is 15.9. The van der Waals surface area contributed by atoms with E-state index in [1.54, 1.807) is 6.92 Å². The maximum Gasteiger partial charge on any atom is 0.335 e. The van der Waals surface area contributed by atoms with Crippen molar-refractivity contribution in [1.29, 1.82) is 0 Å². The van der Waals surface area contributed by atoms with E-state index in [-0.39, 0.29) is 35.8 Å². The number of aromatic carboxylic acids is 1. The first-order valence-electron chi connectivity index (χ1n) is 6.71. The van der Waals surface area contributed by atoms with E-state index in [4.69, 9.17) is 9.84 Å². The number of aryl methyl sites for hydroxylation is 1. The topological polar surface area (TPSA) is 83.9 Å². The van der Waals surface area contributed by atoms with Crippen LogP contribution in [0.4, 0.5) is 0 Å². The highest BCUT2D eigenvalue weighted by Gasteiger charge is 2.32. The van der Waals surface area contributed by atoms with Crippen molar-refractivity contribution in [1.82, 2.24) is 4.31 Å². The summed E-state index contributed by atoms with van der Waals surface area (Å²) in [7, 11) is -3.71. The van der Waals surface area contributed by atoms with Gasteiger partial charge in [0.25, 0.3) is 0 Å². The lowest BCUT2D eigenvalue weighted by molar-refractivity contribution is -0.0440. The molecule has 2 unspecified atom stereocenters. The second kappa shape index (κ2) is 5.75. The van der Waals surface area contributed by atoms with Crippen molar-refractivity contribution in [3.05, 3.63) is 29.3 Å². The fraction of sp³-hybridized carbons (Fsp3) is 0.500. The Kier molecular flexibility index (Phi) is 4.36. The number of hydrogen-bond donors (Lipinski definition) is 1. The maximum atomic E-state index is 12.6. The molecule has 0 bridgehead atoms. The molecule has 0 aromatic heterocycles. The van der Waals surface area contributed by atoms with E-state index in [0.717, 1.165) is 0 Å². The molecule has 7 heteroatoms. The molecule has 0 radical (unpaired) electrons. The van der Waals surface area contributed by atoms with Crippen LogP contribution in [0.1, 0.15) is 29.8 Å². The van der Waals surface area contributed by atoms with Crippen molar-refractivity contribution in [3.63, 3.8) is 0 Å². The number of benzene rings is 1. The molecule has 0 aliphatic carbocycles. The Balaban J connectivity index is 2.40. The predicted molar refractivity (Wildman–Crippen MR) is 76.9 cm³/mol. The highest BCUT2D eigenvalue weighted by atomic mass is 32.2. The molecule has 116 valence electrons. The number of carbonyl (C=O) groups is 1. The van der Waals surface area contributed by atoms with Gasteiger partial charge in [0.05, 0.1) is 22.7 Å². The molecule has 0 saturated carbocycles. The van der Waals surface area contributed by atoms with Crippen molar-refractivity contribution in [2.45, 2.75) is 37.9 Å². The van der Waals surface area contributed by atoms with Crippen molar-refractivity contribution in [3.8, 4) is 0 Å². The van der Waals surface area contributed by atoms with Gasteiger partial charge in [0.15, 0.2) is 0 Å². The summed E-state index contributed by atoms with van der Waals surface area (Å²) < 4.78 is 32.2. The van der Waals surface area contributed by atoms with Crippen molar-refractivity contribution < 1.29 is 23.1 Å².